The van der Waals surface area contributed by atoms with E-state index in [1.807, 2.05) is 49.2 Å². The Morgan fingerprint density at radius 2 is 1.63 bits per heavy atom. The lowest BCUT2D eigenvalue weighted by molar-refractivity contribution is 0.495. The minimum absolute atomic E-state index is 0.226. The van der Waals surface area contributed by atoms with E-state index in [1.165, 1.54) is 12.1 Å². The van der Waals surface area contributed by atoms with E-state index in [0.29, 0.717) is 6.54 Å². The third-order valence-corrected chi connectivity index (χ3v) is 3.27. The van der Waals surface area contributed by atoms with Gasteiger partial charge in [0.25, 0.3) is 0 Å². The van der Waals surface area contributed by atoms with E-state index in [1.54, 1.807) is 12.1 Å². The molecule has 0 aromatic heterocycles. The van der Waals surface area contributed by atoms with E-state index in [-0.39, 0.29) is 5.82 Å². The van der Waals surface area contributed by atoms with Crippen LogP contribution in [0.4, 0.5) is 10.1 Å². The smallest absolute Gasteiger partial charge is 0.123 e. The van der Waals surface area contributed by atoms with Crippen LogP contribution >= 0.6 is 0 Å². The minimum Gasteiger partial charge on any atom is -0.372 e. The Kier molecular flexibility index (Phi) is 3.86. The quantitative estimate of drug-likeness (QED) is 0.913. The molecule has 0 saturated heterocycles. The van der Waals surface area contributed by atoms with Crippen LogP contribution in [0.3, 0.4) is 0 Å². The minimum atomic E-state index is -0.454. The van der Waals surface area contributed by atoms with E-state index in [4.69, 9.17) is 5.73 Å². The number of likely N-dealkylation sites (N-methyl/N-ethyl adjacent to an activating group) is 1. The van der Waals surface area contributed by atoms with Crippen molar-refractivity contribution in [1.82, 2.24) is 0 Å². The van der Waals surface area contributed by atoms with E-state index in [2.05, 4.69) is 0 Å². The summed E-state index contributed by atoms with van der Waals surface area (Å²) in [7, 11) is 1.96. The molecule has 0 fully saturated rings. The Morgan fingerprint density at radius 1 is 1.05 bits per heavy atom. The van der Waals surface area contributed by atoms with Crippen molar-refractivity contribution in [2.45, 2.75) is 12.5 Å². The summed E-state index contributed by atoms with van der Waals surface area (Å²) in [5.74, 6) is -0.226. The average Bonchev–Trinajstić information content (AvgIpc) is 2.40. The van der Waals surface area contributed by atoms with Gasteiger partial charge in [-0.15, -0.1) is 0 Å². The molecular formula is C16H19FN2. The van der Waals surface area contributed by atoms with Crippen molar-refractivity contribution in [2.24, 2.45) is 5.73 Å². The summed E-state index contributed by atoms with van der Waals surface area (Å²) in [6, 6.07) is 16.4. The second-order valence-electron chi connectivity index (χ2n) is 5.12. The number of anilines is 1. The molecule has 19 heavy (non-hydrogen) atoms. The number of halogens is 1. The molecule has 0 amide bonds. The first kappa shape index (κ1) is 13.6. The fraction of sp³-hybridized carbons (Fsp3) is 0.250. The maximum Gasteiger partial charge on any atom is 0.123 e. The number of hydrogen-bond donors (Lipinski definition) is 1. The summed E-state index contributed by atoms with van der Waals surface area (Å²) in [5, 5.41) is 0. The van der Waals surface area contributed by atoms with E-state index >= 15 is 0 Å². The summed E-state index contributed by atoms with van der Waals surface area (Å²) in [4.78, 5) is 2.03. The lowest BCUT2D eigenvalue weighted by Gasteiger charge is -2.32. The van der Waals surface area contributed by atoms with Gasteiger partial charge in [-0.05, 0) is 36.8 Å². The molecule has 2 aromatic rings. The van der Waals surface area contributed by atoms with Crippen LogP contribution in [0.2, 0.25) is 0 Å². The summed E-state index contributed by atoms with van der Waals surface area (Å²) in [6.45, 7) is 2.66. The molecule has 0 spiro atoms. The van der Waals surface area contributed by atoms with Crippen molar-refractivity contribution in [2.75, 3.05) is 18.5 Å². The molecule has 1 atom stereocenters. The third kappa shape index (κ3) is 3.32. The van der Waals surface area contributed by atoms with Crippen molar-refractivity contribution in [3.8, 4) is 0 Å². The van der Waals surface area contributed by atoms with Crippen LogP contribution in [0.1, 0.15) is 12.5 Å². The van der Waals surface area contributed by atoms with Gasteiger partial charge in [-0.2, -0.15) is 0 Å². The standard InChI is InChI=1S/C16H19FN2/c1-16(18,13-6-4-3-5-7-13)12-19(2)15-10-8-14(17)9-11-15/h3-11H,12,18H2,1-2H3. The Balaban J connectivity index is 2.14. The van der Waals surface area contributed by atoms with Crippen LogP contribution in [-0.4, -0.2) is 13.6 Å². The molecule has 0 radical (unpaired) electrons. The Hall–Kier alpha value is -1.87. The topological polar surface area (TPSA) is 29.3 Å². The second kappa shape index (κ2) is 5.41. The molecule has 2 nitrogen and oxygen atoms in total. The molecule has 0 aliphatic rings. The molecular weight excluding hydrogens is 239 g/mol. The average molecular weight is 258 g/mol. The number of benzene rings is 2. The molecule has 2 N–H and O–H groups in total. The van der Waals surface area contributed by atoms with Crippen LogP contribution in [0.15, 0.2) is 54.6 Å². The summed E-state index contributed by atoms with van der Waals surface area (Å²) in [5.41, 5.74) is 7.98. The number of nitrogens with zero attached hydrogens (tertiary/aromatic N) is 1. The maximum absolute atomic E-state index is 12.9. The SMILES string of the molecule is CN(CC(C)(N)c1ccccc1)c1ccc(F)cc1. The number of hydrogen-bond acceptors (Lipinski definition) is 2. The highest BCUT2D eigenvalue weighted by Gasteiger charge is 2.23. The first-order valence-electron chi connectivity index (χ1n) is 6.30. The molecule has 100 valence electrons. The van der Waals surface area contributed by atoms with Crippen molar-refractivity contribution < 1.29 is 4.39 Å². The molecule has 0 heterocycles. The van der Waals surface area contributed by atoms with Gasteiger partial charge in [0, 0.05) is 19.3 Å². The highest BCUT2D eigenvalue weighted by molar-refractivity contribution is 5.46. The van der Waals surface area contributed by atoms with E-state index in [0.717, 1.165) is 11.3 Å². The Morgan fingerprint density at radius 3 is 2.21 bits per heavy atom. The highest BCUT2D eigenvalue weighted by atomic mass is 19.1. The Labute approximate surface area is 113 Å². The molecule has 2 rings (SSSR count). The molecule has 0 saturated carbocycles. The predicted octanol–water partition coefficient (Wildman–Crippen LogP) is 3.14. The largest absolute Gasteiger partial charge is 0.372 e. The first-order chi connectivity index (χ1) is 8.99. The fourth-order valence-electron chi connectivity index (χ4n) is 2.19. The summed E-state index contributed by atoms with van der Waals surface area (Å²) in [6.07, 6.45) is 0. The highest BCUT2D eigenvalue weighted by Crippen LogP contribution is 2.21. The maximum atomic E-state index is 12.9. The predicted molar refractivity (Wildman–Crippen MR) is 77.7 cm³/mol. The zero-order chi connectivity index (χ0) is 13.9. The molecule has 0 bridgehead atoms. The van der Waals surface area contributed by atoms with Crippen molar-refractivity contribution in [1.29, 1.82) is 0 Å². The van der Waals surface area contributed by atoms with Gasteiger partial charge in [0.2, 0.25) is 0 Å². The van der Waals surface area contributed by atoms with Gasteiger partial charge in [0.1, 0.15) is 5.82 Å². The van der Waals surface area contributed by atoms with E-state index in [9.17, 15) is 4.39 Å². The molecule has 3 heteroatoms. The third-order valence-electron chi connectivity index (χ3n) is 3.27. The van der Waals surface area contributed by atoms with Crippen LogP contribution in [0.5, 0.6) is 0 Å². The molecule has 2 aromatic carbocycles. The van der Waals surface area contributed by atoms with Crippen LogP contribution in [0, 0.1) is 5.82 Å². The van der Waals surface area contributed by atoms with Gasteiger partial charge in [-0.25, -0.2) is 4.39 Å². The number of nitrogens with two attached hydrogens (primary N) is 1. The van der Waals surface area contributed by atoms with Crippen molar-refractivity contribution in [3.05, 3.63) is 66.0 Å². The van der Waals surface area contributed by atoms with E-state index < -0.39 is 5.54 Å². The van der Waals surface area contributed by atoms with Crippen LogP contribution < -0.4 is 10.6 Å². The van der Waals surface area contributed by atoms with Gasteiger partial charge >= 0.3 is 0 Å². The van der Waals surface area contributed by atoms with Crippen LogP contribution in [-0.2, 0) is 5.54 Å². The zero-order valence-electron chi connectivity index (χ0n) is 11.3. The van der Waals surface area contributed by atoms with Crippen molar-refractivity contribution >= 4 is 5.69 Å². The van der Waals surface area contributed by atoms with Gasteiger partial charge in [-0.1, -0.05) is 30.3 Å². The molecule has 0 aliphatic heterocycles. The van der Waals surface area contributed by atoms with Gasteiger partial charge in [0.15, 0.2) is 0 Å². The molecule has 1 unspecified atom stereocenters. The van der Waals surface area contributed by atoms with Gasteiger partial charge in [0.05, 0.1) is 5.54 Å². The second-order valence-corrected chi connectivity index (χ2v) is 5.12. The first-order valence-corrected chi connectivity index (χ1v) is 6.30. The van der Waals surface area contributed by atoms with Crippen LogP contribution in [0.25, 0.3) is 0 Å². The molecule has 0 aliphatic carbocycles. The zero-order valence-corrected chi connectivity index (χ0v) is 11.3. The van der Waals surface area contributed by atoms with Gasteiger partial charge < -0.3 is 10.6 Å². The van der Waals surface area contributed by atoms with Crippen molar-refractivity contribution in [3.63, 3.8) is 0 Å². The summed E-state index contributed by atoms with van der Waals surface area (Å²) < 4.78 is 12.9. The normalized spacial score (nSPS) is 13.9. The lowest BCUT2D eigenvalue weighted by atomic mass is 9.92. The summed E-state index contributed by atoms with van der Waals surface area (Å²) >= 11 is 0. The monoisotopic (exact) mass is 258 g/mol. The van der Waals surface area contributed by atoms with Gasteiger partial charge in [-0.3, -0.25) is 0 Å². The Bertz CT molecular complexity index is 520. The fourth-order valence-corrected chi connectivity index (χ4v) is 2.19. The lowest BCUT2D eigenvalue weighted by Crippen LogP contribution is -2.44. The number of rotatable bonds is 4.